The fourth-order valence-electron chi connectivity index (χ4n) is 4.18. The van der Waals surface area contributed by atoms with Crippen LogP contribution >= 0.6 is 0 Å². The number of sulfonamides is 1. The number of methoxy groups -OCH3 is 1. The Balaban J connectivity index is 1.84. The van der Waals surface area contributed by atoms with Gasteiger partial charge >= 0.3 is 0 Å². The minimum atomic E-state index is -3.41. The third-order valence-corrected chi connectivity index (χ3v) is 7.17. The summed E-state index contributed by atoms with van der Waals surface area (Å²) in [5.74, 6) is 0.398. The second-order valence-electron chi connectivity index (χ2n) is 7.12. The Hall–Kier alpha value is -0.950. The van der Waals surface area contributed by atoms with Gasteiger partial charge in [0.2, 0.25) is 10.0 Å². The zero-order chi connectivity index (χ0) is 16.7. The van der Waals surface area contributed by atoms with Crippen molar-refractivity contribution in [1.82, 2.24) is 9.21 Å². The SMILES string of the molecule is COC[C@@H]1CN(C)C[C@@]12CCN(S(=O)(=O)c1cccc(C)c1)C2. The zero-order valence-electron chi connectivity index (χ0n) is 14.2. The minimum absolute atomic E-state index is 0.0294. The predicted molar refractivity (Wildman–Crippen MR) is 89.9 cm³/mol. The molecule has 1 aromatic rings. The Morgan fingerprint density at radius 3 is 2.83 bits per heavy atom. The lowest BCUT2D eigenvalue weighted by atomic mass is 9.78. The second-order valence-corrected chi connectivity index (χ2v) is 9.05. The fourth-order valence-corrected chi connectivity index (χ4v) is 5.82. The highest BCUT2D eigenvalue weighted by molar-refractivity contribution is 7.89. The first-order valence-corrected chi connectivity index (χ1v) is 9.56. The Morgan fingerprint density at radius 2 is 2.13 bits per heavy atom. The zero-order valence-corrected chi connectivity index (χ0v) is 15.0. The van der Waals surface area contributed by atoms with Crippen molar-refractivity contribution in [2.75, 3.05) is 46.9 Å². The molecule has 2 heterocycles. The summed E-state index contributed by atoms with van der Waals surface area (Å²) in [5.41, 5.74) is 1.000. The molecule has 2 fully saturated rings. The normalized spacial score (nSPS) is 29.6. The van der Waals surface area contributed by atoms with Crippen molar-refractivity contribution in [3.63, 3.8) is 0 Å². The Labute approximate surface area is 139 Å². The Bertz CT molecular complexity index is 676. The van der Waals surface area contributed by atoms with Crippen LogP contribution in [-0.4, -0.2) is 64.6 Å². The molecule has 128 valence electrons. The van der Waals surface area contributed by atoms with E-state index in [1.54, 1.807) is 23.5 Å². The van der Waals surface area contributed by atoms with E-state index in [1.807, 2.05) is 19.1 Å². The van der Waals surface area contributed by atoms with Gasteiger partial charge in [0.15, 0.2) is 0 Å². The monoisotopic (exact) mass is 338 g/mol. The van der Waals surface area contributed by atoms with Gasteiger partial charge in [-0.25, -0.2) is 8.42 Å². The summed E-state index contributed by atoms with van der Waals surface area (Å²) >= 11 is 0. The molecule has 0 saturated carbocycles. The molecular formula is C17H26N2O3S. The number of hydrogen-bond acceptors (Lipinski definition) is 4. The van der Waals surface area contributed by atoms with Crippen molar-refractivity contribution < 1.29 is 13.2 Å². The predicted octanol–water partition coefficient (Wildman–Crippen LogP) is 1.58. The van der Waals surface area contributed by atoms with Crippen LogP contribution in [-0.2, 0) is 14.8 Å². The number of benzene rings is 1. The minimum Gasteiger partial charge on any atom is -0.384 e. The summed E-state index contributed by atoms with van der Waals surface area (Å²) in [4.78, 5) is 2.70. The van der Waals surface area contributed by atoms with Crippen LogP contribution in [0, 0.1) is 18.3 Å². The van der Waals surface area contributed by atoms with Gasteiger partial charge in [0.25, 0.3) is 0 Å². The van der Waals surface area contributed by atoms with Gasteiger partial charge in [-0.1, -0.05) is 12.1 Å². The summed E-state index contributed by atoms with van der Waals surface area (Å²) in [6.07, 6.45) is 0.913. The lowest BCUT2D eigenvalue weighted by Gasteiger charge is -2.30. The van der Waals surface area contributed by atoms with Gasteiger partial charge in [-0.2, -0.15) is 4.31 Å². The summed E-state index contributed by atoms with van der Waals surface area (Å²) < 4.78 is 33.0. The molecule has 2 atom stereocenters. The lowest BCUT2D eigenvalue weighted by Crippen LogP contribution is -2.38. The summed E-state index contributed by atoms with van der Waals surface area (Å²) in [6.45, 7) is 5.74. The first-order valence-electron chi connectivity index (χ1n) is 8.12. The van der Waals surface area contributed by atoms with Crippen LogP contribution in [0.4, 0.5) is 0 Å². The highest BCUT2D eigenvalue weighted by Gasteiger charge is 2.51. The van der Waals surface area contributed by atoms with Crippen LogP contribution in [0.25, 0.3) is 0 Å². The maximum atomic E-state index is 13.0. The van der Waals surface area contributed by atoms with E-state index in [4.69, 9.17) is 4.74 Å². The van der Waals surface area contributed by atoms with Crippen LogP contribution < -0.4 is 0 Å². The molecule has 0 aliphatic carbocycles. The average Bonchev–Trinajstić information content (AvgIpc) is 3.05. The van der Waals surface area contributed by atoms with E-state index in [9.17, 15) is 8.42 Å². The fraction of sp³-hybridized carbons (Fsp3) is 0.647. The highest BCUT2D eigenvalue weighted by atomic mass is 32.2. The van der Waals surface area contributed by atoms with E-state index >= 15 is 0 Å². The van der Waals surface area contributed by atoms with Crippen LogP contribution in [0.3, 0.4) is 0 Å². The molecule has 2 aliphatic heterocycles. The van der Waals surface area contributed by atoms with Crippen molar-refractivity contribution in [3.05, 3.63) is 29.8 Å². The highest BCUT2D eigenvalue weighted by Crippen LogP contribution is 2.44. The number of hydrogen-bond donors (Lipinski definition) is 0. The molecule has 0 unspecified atom stereocenters. The van der Waals surface area contributed by atoms with Gasteiger partial charge in [-0.15, -0.1) is 0 Å². The van der Waals surface area contributed by atoms with E-state index < -0.39 is 10.0 Å². The second kappa shape index (κ2) is 6.16. The van der Waals surface area contributed by atoms with E-state index in [0.29, 0.717) is 30.5 Å². The van der Waals surface area contributed by atoms with Crippen LogP contribution in [0.2, 0.25) is 0 Å². The van der Waals surface area contributed by atoms with Gasteiger partial charge in [-0.3, -0.25) is 0 Å². The van der Waals surface area contributed by atoms with Crippen LogP contribution in [0.15, 0.2) is 29.2 Å². The lowest BCUT2D eigenvalue weighted by molar-refractivity contribution is 0.101. The molecule has 0 amide bonds. The van der Waals surface area contributed by atoms with E-state index in [0.717, 1.165) is 25.1 Å². The molecule has 2 aliphatic rings. The number of aryl methyl sites for hydroxylation is 1. The molecule has 5 nitrogen and oxygen atoms in total. The third kappa shape index (κ3) is 3.05. The van der Waals surface area contributed by atoms with Crippen LogP contribution in [0.1, 0.15) is 12.0 Å². The molecule has 23 heavy (non-hydrogen) atoms. The molecule has 2 saturated heterocycles. The molecular weight excluding hydrogens is 312 g/mol. The first kappa shape index (κ1) is 16.9. The standard InChI is InChI=1S/C17H26N2O3S/c1-14-5-4-6-16(9-14)23(20,21)19-8-7-17(13-19)12-18(2)10-15(17)11-22-3/h4-6,9,15H,7-8,10-13H2,1-3H3/t15-,17+/m0/s1. The van der Waals surface area contributed by atoms with Gasteiger partial charge in [0.1, 0.15) is 0 Å². The third-order valence-electron chi connectivity index (χ3n) is 5.33. The van der Waals surface area contributed by atoms with E-state index in [-0.39, 0.29) is 5.41 Å². The molecule has 1 spiro atoms. The van der Waals surface area contributed by atoms with Crippen molar-refractivity contribution >= 4 is 10.0 Å². The molecule has 6 heteroatoms. The Morgan fingerprint density at radius 1 is 1.35 bits per heavy atom. The largest absolute Gasteiger partial charge is 0.384 e. The van der Waals surface area contributed by atoms with Crippen molar-refractivity contribution in [2.45, 2.75) is 18.2 Å². The average molecular weight is 338 g/mol. The summed E-state index contributed by atoms with van der Waals surface area (Å²) in [6, 6.07) is 7.19. The molecule has 0 radical (unpaired) electrons. The summed E-state index contributed by atoms with van der Waals surface area (Å²) in [7, 11) is 0.424. The van der Waals surface area contributed by atoms with Crippen molar-refractivity contribution in [2.24, 2.45) is 11.3 Å². The van der Waals surface area contributed by atoms with Gasteiger partial charge in [0, 0.05) is 44.6 Å². The molecule has 1 aromatic carbocycles. The number of nitrogens with zero attached hydrogens (tertiary/aromatic N) is 2. The number of rotatable bonds is 4. The molecule has 0 N–H and O–H groups in total. The maximum Gasteiger partial charge on any atom is 0.243 e. The smallest absolute Gasteiger partial charge is 0.243 e. The molecule has 3 rings (SSSR count). The van der Waals surface area contributed by atoms with Crippen LogP contribution in [0.5, 0.6) is 0 Å². The van der Waals surface area contributed by atoms with Crippen molar-refractivity contribution in [1.29, 1.82) is 0 Å². The quantitative estimate of drug-likeness (QED) is 0.836. The molecule has 0 bridgehead atoms. The van der Waals surface area contributed by atoms with E-state index in [2.05, 4.69) is 11.9 Å². The maximum absolute atomic E-state index is 13.0. The van der Waals surface area contributed by atoms with E-state index in [1.165, 1.54) is 0 Å². The van der Waals surface area contributed by atoms with Gasteiger partial charge in [-0.05, 0) is 38.1 Å². The summed E-state index contributed by atoms with van der Waals surface area (Å²) in [5, 5.41) is 0. The van der Waals surface area contributed by atoms with Gasteiger partial charge in [0.05, 0.1) is 11.5 Å². The van der Waals surface area contributed by atoms with Gasteiger partial charge < -0.3 is 9.64 Å². The topological polar surface area (TPSA) is 49.9 Å². The number of ether oxygens (including phenoxy) is 1. The van der Waals surface area contributed by atoms with Crippen molar-refractivity contribution in [3.8, 4) is 0 Å². The Kier molecular flexibility index (Phi) is 4.53. The number of likely N-dealkylation sites (tertiary alicyclic amines) is 1. The molecule has 0 aromatic heterocycles. The first-order chi connectivity index (χ1) is 10.9.